The van der Waals surface area contributed by atoms with Gasteiger partial charge in [-0.15, -0.1) is 0 Å². The molecule has 2 amide bonds. The van der Waals surface area contributed by atoms with Crippen LogP contribution >= 0.6 is 0 Å². The number of benzene rings is 3. The number of carbonyl (C=O) groups is 3. The Balaban J connectivity index is 1.42. The number of hydrogen-bond donors (Lipinski definition) is 2. The van der Waals surface area contributed by atoms with E-state index in [1.54, 1.807) is 0 Å². The van der Waals surface area contributed by atoms with Crippen LogP contribution in [0.3, 0.4) is 0 Å². The smallest absolute Gasteiger partial charge is 0.310 e. The number of hydrogen-bond acceptors (Lipinski definition) is 4. The lowest BCUT2D eigenvalue weighted by Crippen LogP contribution is -2.35. The van der Waals surface area contributed by atoms with E-state index in [4.69, 9.17) is 4.74 Å². The third-order valence-electron chi connectivity index (χ3n) is 4.15. The number of carbonyl (C=O) groups excluding carboxylic acids is 3. The second-order valence-corrected chi connectivity index (χ2v) is 6.31. The van der Waals surface area contributed by atoms with Crippen molar-refractivity contribution in [2.45, 2.75) is 6.42 Å². The standard InChI is InChI=1S/C22H19FN2O4/c23-17-8-10-18(11-9-17)25-20(26)13-24-21(27)14-29-22(28)12-16-6-3-5-15-4-1-2-7-19(15)16/h1-11H,12-14H2,(H,24,27)(H,25,26). The highest BCUT2D eigenvalue weighted by Crippen LogP contribution is 2.19. The minimum Gasteiger partial charge on any atom is -0.455 e. The van der Waals surface area contributed by atoms with Gasteiger partial charge in [-0.25, -0.2) is 4.39 Å². The van der Waals surface area contributed by atoms with Crippen molar-refractivity contribution in [1.82, 2.24) is 5.32 Å². The summed E-state index contributed by atoms with van der Waals surface area (Å²) < 4.78 is 17.8. The summed E-state index contributed by atoms with van der Waals surface area (Å²) in [6.07, 6.45) is 0.0414. The van der Waals surface area contributed by atoms with Gasteiger partial charge in [0, 0.05) is 5.69 Å². The van der Waals surface area contributed by atoms with Gasteiger partial charge in [0.05, 0.1) is 13.0 Å². The Hall–Kier alpha value is -3.74. The van der Waals surface area contributed by atoms with Crippen LogP contribution in [0.1, 0.15) is 5.56 Å². The maximum atomic E-state index is 12.8. The molecule has 3 aromatic rings. The largest absolute Gasteiger partial charge is 0.455 e. The van der Waals surface area contributed by atoms with Gasteiger partial charge in [0.1, 0.15) is 5.82 Å². The van der Waals surface area contributed by atoms with E-state index in [-0.39, 0.29) is 13.0 Å². The fourth-order valence-corrected chi connectivity index (χ4v) is 2.77. The molecule has 0 unspecified atom stereocenters. The van der Waals surface area contributed by atoms with Crippen molar-refractivity contribution >= 4 is 34.2 Å². The maximum absolute atomic E-state index is 12.8. The van der Waals surface area contributed by atoms with Gasteiger partial charge in [0.15, 0.2) is 6.61 Å². The molecule has 7 heteroatoms. The van der Waals surface area contributed by atoms with Gasteiger partial charge >= 0.3 is 5.97 Å². The average Bonchev–Trinajstić information content (AvgIpc) is 2.73. The highest BCUT2D eigenvalue weighted by molar-refractivity contribution is 5.95. The minimum atomic E-state index is -0.592. The maximum Gasteiger partial charge on any atom is 0.310 e. The van der Waals surface area contributed by atoms with E-state index >= 15 is 0 Å². The molecule has 29 heavy (non-hydrogen) atoms. The molecule has 6 nitrogen and oxygen atoms in total. The molecule has 3 aromatic carbocycles. The summed E-state index contributed by atoms with van der Waals surface area (Å²) in [5.41, 5.74) is 1.22. The minimum absolute atomic E-state index is 0.0414. The number of anilines is 1. The Kier molecular flexibility index (Phi) is 6.52. The number of rotatable bonds is 7. The van der Waals surface area contributed by atoms with Crippen LogP contribution in [0, 0.1) is 5.82 Å². The second kappa shape index (κ2) is 9.45. The number of esters is 1. The van der Waals surface area contributed by atoms with Crippen molar-refractivity contribution in [3.05, 3.63) is 78.1 Å². The van der Waals surface area contributed by atoms with Gasteiger partial charge in [-0.1, -0.05) is 42.5 Å². The molecule has 0 saturated heterocycles. The zero-order valence-corrected chi connectivity index (χ0v) is 15.5. The van der Waals surface area contributed by atoms with E-state index in [0.717, 1.165) is 16.3 Å². The number of nitrogens with one attached hydrogen (secondary N) is 2. The first-order chi connectivity index (χ1) is 14.0. The van der Waals surface area contributed by atoms with Crippen LogP contribution in [-0.4, -0.2) is 30.9 Å². The summed E-state index contributed by atoms with van der Waals surface area (Å²) in [7, 11) is 0. The number of fused-ring (bicyclic) bond motifs is 1. The van der Waals surface area contributed by atoms with E-state index < -0.39 is 30.2 Å². The van der Waals surface area contributed by atoms with Crippen LogP contribution in [0.4, 0.5) is 10.1 Å². The van der Waals surface area contributed by atoms with E-state index in [1.165, 1.54) is 24.3 Å². The van der Waals surface area contributed by atoms with Gasteiger partial charge in [-0.3, -0.25) is 14.4 Å². The van der Waals surface area contributed by atoms with E-state index in [2.05, 4.69) is 10.6 Å². The molecule has 0 heterocycles. The molecule has 0 aliphatic rings. The first kappa shape index (κ1) is 20.0. The summed E-state index contributed by atoms with van der Waals surface area (Å²) >= 11 is 0. The molecule has 0 spiro atoms. The third kappa shape index (κ3) is 5.87. The van der Waals surface area contributed by atoms with E-state index in [9.17, 15) is 18.8 Å². The fourth-order valence-electron chi connectivity index (χ4n) is 2.77. The van der Waals surface area contributed by atoms with E-state index in [0.29, 0.717) is 5.69 Å². The van der Waals surface area contributed by atoms with Gasteiger partial charge in [0.25, 0.3) is 5.91 Å². The molecule has 0 fully saturated rings. The number of amides is 2. The third-order valence-corrected chi connectivity index (χ3v) is 4.15. The van der Waals surface area contributed by atoms with Gasteiger partial charge in [-0.05, 0) is 40.6 Å². The van der Waals surface area contributed by atoms with Crippen LogP contribution in [0.2, 0.25) is 0 Å². The van der Waals surface area contributed by atoms with Crippen LogP contribution in [0.15, 0.2) is 66.7 Å². The Morgan fingerprint density at radius 1 is 0.862 bits per heavy atom. The molecule has 0 aromatic heterocycles. The number of ether oxygens (including phenoxy) is 1. The second-order valence-electron chi connectivity index (χ2n) is 6.31. The Morgan fingerprint density at radius 3 is 2.38 bits per heavy atom. The van der Waals surface area contributed by atoms with Crippen molar-refractivity contribution in [3.8, 4) is 0 Å². The zero-order chi connectivity index (χ0) is 20.6. The topological polar surface area (TPSA) is 84.5 Å². The molecule has 148 valence electrons. The van der Waals surface area contributed by atoms with Crippen molar-refractivity contribution < 1.29 is 23.5 Å². The Labute approximate surface area is 166 Å². The van der Waals surface area contributed by atoms with Gasteiger partial charge in [-0.2, -0.15) is 0 Å². The van der Waals surface area contributed by atoms with Crippen LogP contribution < -0.4 is 10.6 Å². The summed E-state index contributed by atoms with van der Waals surface area (Å²) in [6.45, 7) is -0.773. The zero-order valence-electron chi connectivity index (χ0n) is 15.5. The highest BCUT2D eigenvalue weighted by Gasteiger charge is 2.11. The lowest BCUT2D eigenvalue weighted by molar-refractivity contribution is -0.147. The fraction of sp³-hybridized carbons (Fsp3) is 0.136. The molecule has 0 saturated carbocycles. The summed E-state index contributed by atoms with van der Waals surface area (Å²) in [4.78, 5) is 35.6. The van der Waals surface area contributed by atoms with Crippen molar-refractivity contribution in [1.29, 1.82) is 0 Å². The molecule has 0 atom stereocenters. The molecular weight excluding hydrogens is 375 g/mol. The van der Waals surface area contributed by atoms with Crippen LogP contribution in [0.5, 0.6) is 0 Å². The van der Waals surface area contributed by atoms with Crippen molar-refractivity contribution in [3.63, 3.8) is 0 Å². The highest BCUT2D eigenvalue weighted by atomic mass is 19.1. The van der Waals surface area contributed by atoms with Crippen LogP contribution in [0.25, 0.3) is 10.8 Å². The first-order valence-electron chi connectivity index (χ1n) is 8.95. The quantitative estimate of drug-likeness (QED) is 0.604. The lowest BCUT2D eigenvalue weighted by atomic mass is 10.0. The number of halogens is 1. The molecule has 2 N–H and O–H groups in total. The van der Waals surface area contributed by atoms with Gasteiger partial charge < -0.3 is 15.4 Å². The van der Waals surface area contributed by atoms with E-state index in [1.807, 2.05) is 42.5 Å². The van der Waals surface area contributed by atoms with Gasteiger partial charge in [0.2, 0.25) is 5.91 Å². The molecule has 0 radical (unpaired) electrons. The average molecular weight is 394 g/mol. The lowest BCUT2D eigenvalue weighted by Gasteiger charge is -2.09. The Morgan fingerprint density at radius 2 is 1.59 bits per heavy atom. The first-order valence-corrected chi connectivity index (χ1v) is 8.95. The molecule has 0 aliphatic carbocycles. The van der Waals surface area contributed by atoms with Crippen LogP contribution in [-0.2, 0) is 25.5 Å². The van der Waals surface area contributed by atoms with Crippen molar-refractivity contribution in [2.24, 2.45) is 0 Å². The summed E-state index contributed by atoms with van der Waals surface area (Å²) in [5, 5.41) is 6.84. The monoisotopic (exact) mass is 394 g/mol. The molecular formula is C22H19FN2O4. The Bertz CT molecular complexity index is 1030. The predicted octanol–water partition coefficient (Wildman–Crippen LogP) is 2.82. The summed E-state index contributed by atoms with van der Waals surface area (Å²) in [5.74, 6) is -2.02. The molecule has 0 aliphatic heterocycles. The predicted molar refractivity (Wildman–Crippen MR) is 107 cm³/mol. The van der Waals surface area contributed by atoms with Crippen molar-refractivity contribution in [2.75, 3.05) is 18.5 Å². The molecule has 3 rings (SSSR count). The normalized spacial score (nSPS) is 10.4. The summed E-state index contributed by atoms with van der Waals surface area (Å²) in [6, 6.07) is 18.6. The SMILES string of the molecule is O=C(COC(=O)Cc1cccc2ccccc12)NCC(=O)Nc1ccc(F)cc1. The molecule has 0 bridgehead atoms.